The SMILES string of the molecule is CC/C(=C\C=NC)C(=O)CCc1cc(F)ccc1N1CCCCC1. The molecule has 1 aromatic carbocycles. The minimum Gasteiger partial charge on any atom is -0.371 e. The van der Waals surface area contributed by atoms with Crippen LogP contribution in [0, 0.1) is 5.82 Å². The molecule has 24 heavy (non-hydrogen) atoms. The molecular formula is C20H27FN2O. The fraction of sp³-hybridized carbons (Fsp3) is 0.500. The summed E-state index contributed by atoms with van der Waals surface area (Å²) in [6, 6.07) is 4.96. The van der Waals surface area contributed by atoms with Gasteiger partial charge in [0.2, 0.25) is 0 Å². The molecule has 1 heterocycles. The average molecular weight is 330 g/mol. The standard InChI is InChI=1S/C20H27FN2O/c1-3-16(11-12-22-2)20(24)10-7-17-15-18(21)8-9-19(17)23-13-5-4-6-14-23/h8-9,11-12,15H,3-7,10,13-14H2,1-2H3/b16-11+,22-12?. The second kappa shape index (κ2) is 9.36. The number of hydrogen-bond acceptors (Lipinski definition) is 3. The highest BCUT2D eigenvalue weighted by atomic mass is 19.1. The third-order valence-corrected chi connectivity index (χ3v) is 4.52. The van der Waals surface area contributed by atoms with E-state index in [-0.39, 0.29) is 11.6 Å². The largest absolute Gasteiger partial charge is 0.371 e. The van der Waals surface area contributed by atoms with Crippen LogP contribution in [0.1, 0.15) is 44.6 Å². The molecule has 1 aromatic rings. The van der Waals surface area contributed by atoms with E-state index >= 15 is 0 Å². The molecule has 0 aliphatic carbocycles. The molecule has 1 aliphatic heterocycles. The highest BCUT2D eigenvalue weighted by Crippen LogP contribution is 2.26. The van der Waals surface area contributed by atoms with Crippen molar-refractivity contribution in [3.8, 4) is 0 Å². The van der Waals surface area contributed by atoms with Gasteiger partial charge in [-0.05, 0) is 67.5 Å². The molecule has 4 heteroatoms. The zero-order valence-electron chi connectivity index (χ0n) is 14.7. The summed E-state index contributed by atoms with van der Waals surface area (Å²) in [6.45, 7) is 3.99. The van der Waals surface area contributed by atoms with Crippen LogP contribution in [-0.4, -0.2) is 32.1 Å². The van der Waals surface area contributed by atoms with Crippen LogP contribution in [0.4, 0.5) is 10.1 Å². The van der Waals surface area contributed by atoms with E-state index in [2.05, 4.69) is 9.89 Å². The second-order valence-corrected chi connectivity index (χ2v) is 6.20. The number of rotatable bonds is 7. The first-order valence-corrected chi connectivity index (χ1v) is 8.83. The molecule has 3 nitrogen and oxygen atoms in total. The Morgan fingerprint density at radius 2 is 2.04 bits per heavy atom. The van der Waals surface area contributed by atoms with Gasteiger partial charge in [-0.25, -0.2) is 4.39 Å². The summed E-state index contributed by atoms with van der Waals surface area (Å²) >= 11 is 0. The number of anilines is 1. The summed E-state index contributed by atoms with van der Waals surface area (Å²) < 4.78 is 13.7. The Kier molecular flexibility index (Phi) is 7.16. The number of benzene rings is 1. The first-order chi connectivity index (χ1) is 11.7. The molecule has 0 atom stereocenters. The van der Waals surface area contributed by atoms with Crippen molar-refractivity contribution in [2.75, 3.05) is 25.0 Å². The number of carbonyl (C=O) groups is 1. The number of aliphatic imine (C=N–C) groups is 1. The molecule has 0 N–H and O–H groups in total. The van der Waals surface area contributed by atoms with Crippen molar-refractivity contribution in [1.29, 1.82) is 0 Å². The Labute approximate surface area is 144 Å². The third kappa shape index (κ3) is 5.02. The maximum absolute atomic E-state index is 13.7. The summed E-state index contributed by atoms with van der Waals surface area (Å²) in [4.78, 5) is 18.6. The molecule has 0 spiro atoms. The Hall–Kier alpha value is -1.97. The van der Waals surface area contributed by atoms with Crippen molar-refractivity contribution in [2.45, 2.75) is 45.4 Å². The maximum Gasteiger partial charge on any atom is 0.159 e. The van der Waals surface area contributed by atoms with Gasteiger partial charge in [0.15, 0.2) is 5.78 Å². The first kappa shape index (κ1) is 18.4. The van der Waals surface area contributed by atoms with E-state index in [1.165, 1.54) is 25.3 Å². The highest BCUT2D eigenvalue weighted by molar-refractivity contribution is 5.98. The number of Topliss-reactive ketones (excluding diaryl/α,β-unsaturated/α-hetero) is 1. The number of ketones is 1. The summed E-state index contributed by atoms with van der Waals surface area (Å²) in [7, 11) is 1.69. The number of allylic oxidation sites excluding steroid dienone is 2. The van der Waals surface area contributed by atoms with E-state index in [1.807, 2.05) is 13.0 Å². The molecule has 0 unspecified atom stereocenters. The molecule has 130 valence electrons. The first-order valence-electron chi connectivity index (χ1n) is 8.83. The van der Waals surface area contributed by atoms with Crippen molar-refractivity contribution in [1.82, 2.24) is 0 Å². The lowest BCUT2D eigenvalue weighted by Gasteiger charge is -2.30. The minimum absolute atomic E-state index is 0.117. The van der Waals surface area contributed by atoms with E-state index in [4.69, 9.17) is 0 Å². The minimum atomic E-state index is -0.234. The van der Waals surface area contributed by atoms with Gasteiger partial charge in [0.05, 0.1) is 0 Å². The van der Waals surface area contributed by atoms with Gasteiger partial charge >= 0.3 is 0 Å². The maximum atomic E-state index is 13.7. The van der Waals surface area contributed by atoms with Gasteiger partial charge < -0.3 is 4.90 Å². The van der Waals surface area contributed by atoms with Gasteiger partial charge in [-0.2, -0.15) is 0 Å². The fourth-order valence-corrected chi connectivity index (χ4v) is 3.18. The van der Waals surface area contributed by atoms with Crippen LogP contribution in [0.3, 0.4) is 0 Å². The molecule has 0 aromatic heterocycles. The average Bonchev–Trinajstić information content (AvgIpc) is 2.61. The van der Waals surface area contributed by atoms with Gasteiger partial charge in [-0.1, -0.05) is 6.92 Å². The van der Waals surface area contributed by atoms with Crippen molar-refractivity contribution in [2.24, 2.45) is 4.99 Å². The van der Waals surface area contributed by atoms with Crippen LogP contribution < -0.4 is 4.90 Å². The lowest BCUT2D eigenvalue weighted by Crippen LogP contribution is -2.30. The lowest BCUT2D eigenvalue weighted by molar-refractivity contribution is -0.115. The van der Waals surface area contributed by atoms with Crippen LogP contribution in [-0.2, 0) is 11.2 Å². The Balaban J connectivity index is 2.11. The monoisotopic (exact) mass is 330 g/mol. The zero-order chi connectivity index (χ0) is 17.4. The summed E-state index contributed by atoms with van der Waals surface area (Å²) in [6.07, 6.45) is 8.70. The van der Waals surface area contributed by atoms with Crippen LogP contribution in [0.25, 0.3) is 0 Å². The fourth-order valence-electron chi connectivity index (χ4n) is 3.18. The van der Waals surface area contributed by atoms with E-state index in [0.717, 1.165) is 29.9 Å². The predicted octanol–water partition coefficient (Wildman–Crippen LogP) is 4.35. The quantitative estimate of drug-likeness (QED) is 0.550. The van der Waals surface area contributed by atoms with E-state index in [9.17, 15) is 9.18 Å². The predicted molar refractivity (Wildman–Crippen MR) is 98.6 cm³/mol. The van der Waals surface area contributed by atoms with Crippen molar-refractivity contribution in [3.63, 3.8) is 0 Å². The number of piperidine rings is 1. The van der Waals surface area contributed by atoms with Gasteiger partial charge in [0.1, 0.15) is 5.82 Å². The second-order valence-electron chi connectivity index (χ2n) is 6.20. The Morgan fingerprint density at radius 3 is 2.71 bits per heavy atom. The molecule has 0 bridgehead atoms. The van der Waals surface area contributed by atoms with Crippen molar-refractivity contribution < 1.29 is 9.18 Å². The number of aryl methyl sites for hydroxylation is 1. The number of nitrogens with zero attached hydrogens (tertiary/aromatic N) is 2. The molecular weight excluding hydrogens is 303 g/mol. The van der Waals surface area contributed by atoms with Gasteiger partial charge in [0, 0.05) is 38.5 Å². The van der Waals surface area contributed by atoms with E-state index in [1.54, 1.807) is 25.4 Å². The molecule has 0 saturated carbocycles. The lowest BCUT2D eigenvalue weighted by atomic mass is 9.99. The number of hydrogen-bond donors (Lipinski definition) is 0. The van der Waals surface area contributed by atoms with Gasteiger partial charge in [0.25, 0.3) is 0 Å². The highest BCUT2D eigenvalue weighted by Gasteiger charge is 2.16. The number of halogens is 1. The number of carbonyl (C=O) groups excluding carboxylic acids is 1. The Morgan fingerprint density at radius 1 is 1.29 bits per heavy atom. The van der Waals surface area contributed by atoms with Gasteiger partial charge in [-0.3, -0.25) is 9.79 Å². The topological polar surface area (TPSA) is 32.7 Å². The summed E-state index contributed by atoms with van der Waals surface area (Å²) in [5, 5.41) is 0. The van der Waals surface area contributed by atoms with Crippen LogP contribution in [0.15, 0.2) is 34.8 Å². The summed E-state index contributed by atoms with van der Waals surface area (Å²) in [5.74, 6) is -0.117. The molecule has 1 aliphatic rings. The molecule has 1 saturated heterocycles. The Bertz CT molecular complexity index is 616. The normalized spacial score (nSPS) is 16.0. The van der Waals surface area contributed by atoms with Crippen LogP contribution in [0.5, 0.6) is 0 Å². The smallest absolute Gasteiger partial charge is 0.159 e. The molecule has 1 fully saturated rings. The molecule has 2 rings (SSSR count). The third-order valence-electron chi connectivity index (χ3n) is 4.52. The van der Waals surface area contributed by atoms with Crippen molar-refractivity contribution in [3.05, 3.63) is 41.2 Å². The molecule has 0 radical (unpaired) electrons. The molecule has 0 amide bonds. The van der Waals surface area contributed by atoms with Crippen molar-refractivity contribution >= 4 is 17.7 Å². The summed E-state index contributed by atoms with van der Waals surface area (Å²) in [5.41, 5.74) is 2.79. The van der Waals surface area contributed by atoms with Gasteiger partial charge in [-0.15, -0.1) is 0 Å². The van der Waals surface area contributed by atoms with Crippen LogP contribution >= 0.6 is 0 Å². The van der Waals surface area contributed by atoms with Crippen LogP contribution in [0.2, 0.25) is 0 Å². The zero-order valence-corrected chi connectivity index (χ0v) is 14.7. The van der Waals surface area contributed by atoms with E-state index in [0.29, 0.717) is 19.3 Å². The van der Waals surface area contributed by atoms with E-state index < -0.39 is 0 Å².